The first kappa shape index (κ1) is 24.8. The van der Waals surface area contributed by atoms with Gasteiger partial charge >= 0.3 is 0 Å². The lowest BCUT2D eigenvalue weighted by molar-refractivity contribution is -0.140. The van der Waals surface area contributed by atoms with Gasteiger partial charge in [0, 0.05) is 18.7 Å². The molecule has 4 rings (SSSR count). The summed E-state index contributed by atoms with van der Waals surface area (Å²) in [5.41, 5.74) is 1.25. The summed E-state index contributed by atoms with van der Waals surface area (Å²) in [4.78, 5) is 27.9. The van der Waals surface area contributed by atoms with Gasteiger partial charge < -0.3 is 24.2 Å². The van der Waals surface area contributed by atoms with Gasteiger partial charge in [-0.05, 0) is 67.6 Å². The number of hydrogen-bond acceptors (Lipinski definition) is 6. The van der Waals surface area contributed by atoms with Gasteiger partial charge in [0.2, 0.25) is 0 Å². The van der Waals surface area contributed by atoms with Crippen molar-refractivity contribution in [1.82, 2.24) is 4.90 Å². The largest absolute Gasteiger partial charge is 0.507 e. The second-order valence-corrected chi connectivity index (χ2v) is 9.32. The number of likely N-dealkylation sites (tertiary alicyclic amines) is 1. The minimum atomic E-state index is -0.716. The minimum Gasteiger partial charge on any atom is -0.507 e. The van der Waals surface area contributed by atoms with Crippen molar-refractivity contribution in [3.8, 4) is 11.5 Å². The number of carbonyl (C=O) groups excluding carboxylic acids is 2. The van der Waals surface area contributed by atoms with E-state index < -0.39 is 17.7 Å². The molecule has 2 unspecified atom stereocenters. The molecule has 2 aliphatic rings. The van der Waals surface area contributed by atoms with E-state index in [-0.39, 0.29) is 17.4 Å². The smallest absolute Gasteiger partial charge is 0.295 e. The third-order valence-corrected chi connectivity index (χ3v) is 6.18. The molecule has 0 bridgehead atoms. The number of ether oxygens (including phenoxy) is 3. The molecule has 0 aromatic heterocycles. The van der Waals surface area contributed by atoms with Crippen LogP contribution in [0, 0.1) is 5.92 Å². The molecule has 1 N–H and O–H groups in total. The molecule has 186 valence electrons. The number of ketones is 1. The first-order valence-corrected chi connectivity index (χ1v) is 12.2. The van der Waals surface area contributed by atoms with Gasteiger partial charge in [-0.2, -0.15) is 0 Å². The third-order valence-electron chi connectivity index (χ3n) is 6.18. The maximum absolute atomic E-state index is 13.2. The first-order valence-electron chi connectivity index (χ1n) is 12.2. The maximum atomic E-state index is 13.2. The molecule has 0 spiro atoms. The lowest BCUT2D eigenvalue weighted by Crippen LogP contribution is -2.36. The number of rotatable bonds is 9. The molecule has 35 heavy (non-hydrogen) atoms. The summed E-state index contributed by atoms with van der Waals surface area (Å²) in [7, 11) is 0. The van der Waals surface area contributed by atoms with Crippen LogP contribution < -0.4 is 9.47 Å². The number of aliphatic hydroxyl groups excluding tert-OH is 1. The Morgan fingerprint density at radius 3 is 2.31 bits per heavy atom. The van der Waals surface area contributed by atoms with Gasteiger partial charge in [0.1, 0.15) is 17.3 Å². The lowest BCUT2D eigenvalue weighted by Gasteiger charge is -2.27. The van der Waals surface area contributed by atoms with Crippen molar-refractivity contribution in [3.05, 3.63) is 65.2 Å². The molecule has 2 atom stereocenters. The van der Waals surface area contributed by atoms with Crippen molar-refractivity contribution < 1.29 is 28.9 Å². The van der Waals surface area contributed by atoms with E-state index in [9.17, 15) is 14.7 Å². The standard InChI is InChI=1S/C28H33NO6/c1-4-33-21-11-7-19(8-12-21)25-24(27(31)28(32)29(25)16-23-6-5-15-34-23)26(30)20-9-13-22(14-10-20)35-17-18(2)3/h7-14,18,23,25,30H,4-6,15-17H2,1-3H3/b26-24-. The highest BCUT2D eigenvalue weighted by Gasteiger charge is 2.47. The Hall–Kier alpha value is -3.32. The predicted molar refractivity (Wildman–Crippen MR) is 132 cm³/mol. The SMILES string of the molecule is CCOc1ccc(C2/C(=C(/O)c3ccc(OCC(C)C)cc3)C(=O)C(=O)N2CC2CCCO2)cc1. The number of hydrogen-bond donors (Lipinski definition) is 1. The number of nitrogens with zero attached hydrogens (tertiary/aromatic N) is 1. The minimum absolute atomic E-state index is 0.0769. The number of Topliss-reactive ketones (excluding diaryl/α,β-unsaturated/α-hetero) is 1. The normalized spacial score (nSPS) is 21.7. The van der Waals surface area contributed by atoms with Crippen LogP contribution in [-0.4, -0.2) is 54.2 Å². The van der Waals surface area contributed by atoms with Crippen LogP contribution in [0.5, 0.6) is 11.5 Å². The zero-order valence-corrected chi connectivity index (χ0v) is 20.5. The zero-order valence-electron chi connectivity index (χ0n) is 20.5. The second kappa shape index (κ2) is 11.0. The van der Waals surface area contributed by atoms with Crippen LogP contribution in [0.15, 0.2) is 54.1 Å². The Labute approximate surface area is 206 Å². The fourth-order valence-electron chi connectivity index (χ4n) is 4.46. The number of aliphatic hydroxyl groups is 1. The first-order chi connectivity index (χ1) is 16.9. The van der Waals surface area contributed by atoms with Crippen molar-refractivity contribution >= 4 is 17.4 Å². The molecule has 0 aliphatic carbocycles. The average molecular weight is 480 g/mol. The molecule has 7 nitrogen and oxygen atoms in total. The molecule has 2 saturated heterocycles. The molecule has 2 aliphatic heterocycles. The predicted octanol–water partition coefficient (Wildman–Crippen LogP) is 4.72. The summed E-state index contributed by atoms with van der Waals surface area (Å²) in [6.45, 7) is 8.09. The van der Waals surface area contributed by atoms with Crippen molar-refractivity contribution in [1.29, 1.82) is 0 Å². The highest BCUT2D eigenvalue weighted by molar-refractivity contribution is 6.46. The highest BCUT2D eigenvalue weighted by atomic mass is 16.5. The summed E-state index contributed by atoms with van der Waals surface area (Å²) < 4.78 is 17.0. The van der Waals surface area contributed by atoms with E-state index in [0.717, 1.165) is 18.4 Å². The van der Waals surface area contributed by atoms with E-state index in [1.165, 1.54) is 4.90 Å². The fourth-order valence-corrected chi connectivity index (χ4v) is 4.46. The van der Waals surface area contributed by atoms with E-state index in [2.05, 4.69) is 13.8 Å². The molecule has 0 radical (unpaired) electrons. The summed E-state index contributed by atoms with van der Waals surface area (Å²) in [5, 5.41) is 11.2. The quantitative estimate of drug-likeness (QED) is 0.318. The third kappa shape index (κ3) is 5.51. The van der Waals surface area contributed by atoms with Crippen LogP contribution in [0.2, 0.25) is 0 Å². The second-order valence-electron chi connectivity index (χ2n) is 9.32. The Morgan fingerprint density at radius 1 is 1.06 bits per heavy atom. The number of amides is 1. The van der Waals surface area contributed by atoms with E-state index in [1.54, 1.807) is 24.3 Å². The summed E-state index contributed by atoms with van der Waals surface area (Å²) in [6, 6.07) is 13.5. The number of benzene rings is 2. The van der Waals surface area contributed by atoms with Crippen LogP contribution in [0.4, 0.5) is 0 Å². The summed E-state index contributed by atoms with van der Waals surface area (Å²) >= 11 is 0. The van der Waals surface area contributed by atoms with Crippen molar-refractivity contribution in [3.63, 3.8) is 0 Å². The van der Waals surface area contributed by atoms with Gasteiger partial charge in [0.15, 0.2) is 0 Å². The Balaban J connectivity index is 1.71. The highest BCUT2D eigenvalue weighted by Crippen LogP contribution is 2.40. The van der Waals surface area contributed by atoms with Crippen LogP contribution in [0.3, 0.4) is 0 Å². The maximum Gasteiger partial charge on any atom is 0.295 e. The topological polar surface area (TPSA) is 85.3 Å². The van der Waals surface area contributed by atoms with Crippen LogP contribution in [0.25, 0.3) is 5.76 Å². The summed E-state index contributed by atoms with van der Waals surface area (Å²) in [6.07, 6.45) is 1.63. The van der Waals surface area contributed by atoms with E-state index >= 15 is 0 Å². The number of carbonyl (C=O) groups is 2. The monoisotopic (exact) mass is 479 g/mol. The lowest BCUT2D eigenvalue weighted by atomic mass is 9.95. The van der Waals surface area contributed by atoms with E-state index in [0.29, 0.717) is 49.3 Å². The Kier molecular flexibility index (Phi) is 7.76. The Morgan fingerprint density at radius 2 is 1.71 bits per heavy atom. The van der Waals surface area contributed by atoms with Crippen molar-refractivity contribution in [2.75, 3.05) is 26.4 Å². The molecular weight excluding hydrogens is 446 g/mol. The molecule has 2 heterocycles. The van der Waals surface area contributed by atoms with Gasteiger partial charge in [0.25, 0.3) is 11.7 Å². The molecule has 7 heteroatoms. The zero-order chi connectivity index (χ0) is 24.9. The van der Waals surface area contributed by atoms with Gasteiger partial charge in [0.05, 0.1) is 30.9 Å². The Bertz CT molecular complexity index is 1070. The van der Waals surface area contributed by atoms with Crippen LogP contribution >= 0.6 is 0 Å². The summed E-state index contributed by atoms with van der Waals surface area (Å²) in [5.74, 6) is 0.239. The van der Waals surface area contributed by atoms with Gasteiger partial charge in [-0.25, -0.2) is 0 Å². The molecule has 2 aromatic carbocycles. The van der Waals surface area contributed by atoms with E-state index in [4.69, 9.17) is 14.2 Å². The van der Waals surface area contributed by atoms with Gasteiger partial charge in [-0.1, -0.05) is 26.0 Å². The van der Waals surface area contributed by atoms with Gasteiger partial charge in [-0.3, -0.25) is 9.59 Å². The van der Waals surface area contributed by atoms with E-state index in [1.807, 2.05) is 31.2 Å². The molecule has 2 fully saturated rings. The van der Waals surface area contributed by atoms with Gasteiger partial charge in [-0.15, -0.1) is 0 Å². The fraction of sp³-hybridized carbons (Fsp3) is 0.429. The molecule has 2 aromatic rings. The molecular formula is C28H33NO6. The van der Waals surface area contributed by atoms with Crippen LogP contribution in [-0.2, 0) is 14.3 Å². The van der Waals surface area contributed by atoms with Crippen molar-refractivity contribution in [2.24, 2.45) is 5.92 Å². The average Bonchev–Trinajstić information content (AvgIpc) is 3.46. The van der Waals surface area contributed by atoms with Crippen LogP contribution in [0.1, 0.15) is 50.8 Å². The molecule has 0 saturated carbocycles. The van der Waals surface area contributed by atoms with Crippen molar-refractivity contribution in [2.45, 2.75) is 45.8 Å². The molecule has 1 amide bonds.